The maximum absolute atomic E-state index is 12.3. The van der Waals surface area contributed by atoms with Gasteiger partial charge in [-0.3, -0.25) is 4.79 Å². The molecule has 0 spiro atoms. The van der Waals surface area contributed by atoms with E-state index >= 15 is 0 Å². The van der Waals surface area contributed by atoms with Gasteiger partial charge < -0.3 is 19.7 Å². The van der Waals surface area contributed by atoms with Gasteiger partial charge in [0.25, 0.3) is 5.91 Å². The summed E-state index contributed by atoms with van der Waals surface area (Å²) in [6.07, 6.45) is 3.68. The second-order valence-electron chi connectivity index (χ2n) is 6.06. The summed E-state index contributed by atoms with van der Waals surface area (Å²) in [6.45, 7) is 3.46. The summed E-state index contributed by atoms with van der Waals surface area (Å²) in [4.78, 5) is 18.4. The molecule has 2 rings (SSSR count). The summed E-state index contributed by atoms with van der Waals surface area (Å²) in [5.41, 5.74) is 1.64. The zero-order valence-electron chi connectivity index (χ0n) is 15.9. The van der Waals surface area contributed by atoms with Crippen LogP contribution in [0.25, 0.3) is 0 Å². The molecule has 0 fully saturated rings. The molecule has 6 heteroatoms. The number of nitrogens with zero attached hydrogens (tertiary/aromatic N) is 2. The maximum Gasteiger partial charge on any atom is 0.255 e. The fourth-order valence-electron chi connectivity index (χ4n) is 2.53. The highest BCUT2D eigenvalue weighted by atomic mass is 16.5. The highest BCUT2D eigenvalue weighted by molar-refractivity contribution is 5.93. The smallest absolute Gasteiger partial charge is 0.255 e. The highest BCUT2D eigenvalue weighted by Crippen LogP contribution is 2.27. The van der Waals surface area contributed by atoms with Crippen LogP contribution in [-0.4, -0.2) is 43.6 Å². The van der Waals surface area contributed by atoms with Crippen LogP contribution in [0.1, 0.15) is 35.7 Å². The number of nitrogens with one attached hydrogen (secondary N) is 1. The van der Waals surface area contributed by atoms with Crippen LogP contribution in [0.2, 0.25) is 0 Å². The SMILES string of the molecule is CCCCN(C)C(=O)c1ccc(NCc2ccc(OC)c(OC)c2)nc1. The molecule has 0 saturated heterocycles. The van der Waals surface area contributed by atoms with Crippen molar-refractivity contribution in [3.63, 3.8) is 0 Å². The van der Waals surface area contributed by atoms with Crippen LogP contribution >= 0.6 is 0 Å². The van der Waals surface area contributed by atoms with E-state index in [1.165, 1.54) is 0 Å². The predicted molar refractivity (Wildman–Crippen MR) is 103 cm³/mol. The Morgan fingerprint density at radius 1 is 1.15 bits per heavy atom. The lowest BCUT2D eigenvalue weighted by atomic mass is 10.2. The molecule has 26 heavy (non-hydrogen) atoms. The van der Waals surface area contributed by atoms with Gasteiger partial charge in [-0.15, -0.1) is 0 Å². The van der Waals surface area contributed by atoms with Crippen LogP contribution in [0.5, 0.6) is 11.5 Å². The molecule has 1 aromatic carbocycles. The average Bonchev–Trinajstić information content (AvgIpc) is 2.69. The lowest BCUT2D eigenvalue weighted by molar-refractivity contribution is 0.0793. The summed E-state index contributed by atoms with van der Waals surface area (Å²) < 4.78 is 10.6. The third-order valence-electron chi connectivity index (χ3n) is 4.13. The van der Waals surface area contributed by atoms with Gasteiger partial charge in [0.05, 0.1) is 19.8 Å². The Hall–Kier alpha value is -2.76. The summed E-state index contributed by atoms with van der Waals surface area (Å²) in [5, 5.41) is 3.25. The number of amides is 1. The molecule has 1 heterocycles. The molecule has 0 atom stereocenters. The normalized spacial score (nSPS) is 10.3. The second kappa shape index (κ2) is 9.65. The van der Waals surface area contributed by atoms with Gasteiger partial charge in [0, 0.05) is 26.3 Å². The number of methoxy groups -OCH3 is 2. The van der Waals surface area contributed by atoms with Crippen LogP contribution in [0, 0.1) is 0 Å². The first-order valence-electron chi connectivity index (χ1n) is 8.75. The zero-order valence-corrected chi connectivity index (χ0v) is 15.9. The van der Waals surface area contributed by atoms with E-state index in [2.05, 4.69) is 17.2 Å². The number of ether oxygens (including phenoxy) is 2. The minimum absolute atomic E-state index is 0.00242. The summed E-state index contributed by atoms with van der Waals surface area (Å²) >= 11 is 0. The Balaban J connectivity index is 1.96. The molecule has 0 saturated carbocycles. The molecule has 0 bridgehead atoms. The number of unbranched alkanes of at least 4 members (excludes halogenated alkanes) is 1. The molecule has 0 radical (unpaired) electrons. The van der Waals surface area contributed by atoms with Gasteiger partial charge in [-0.2, -0.15) is 0 Å². The third-order valence-corrected chi connectivity index (χ3v) is 4.13. The Morgan fingerprint density at radius 2 is 1.92 bits per heavy atom. The fourth-order valence-corrected chi connectivity index (χ4v) is 2.53. The van der Waals surface area contributed by atoms with Crippen molar-refractivity contribution >= 4 is 11.7 Å². The van der Waals surface area contributed by atoms with Crippen molar-refractivity contribution in [2.24, 2.45) is 0 Å². The summed E-state index contributed by atoms with van der Waals surface area (Å²) in [6, 6.07) is 9.38. The topological polar surface area (TPSA) is 63.7 Å². The number of carbonyl (C=O) groups is 1. The van der Waals surface area contributed by atoms with Crippen molar-refractivity contribution in [2.75, 3.05) is 33.1 Å². The first kappa shape index (κ1) is 19.6. The first-order valence-corrected chi connectivity index (χ1v) is 8.75. The van der Waals surface area contributed by atoms with Crippen LogP contribution in [-0.2, 0) is 6.54 Å². The number of anilines is 1. The molecule has 0 aliphatic carbocycles. The summed E-state index contributed by atoms with van der Waals surface area (Å²) in [7, 11) is 5.05. The van der Waals surface area contributed by atoms with Crippen molar-refractivity contribution in [2.45, 2.75) is 26.3 Å². The van der Waals surface area contributed by atoms with Gasteiger partial charge >= 0.3 is 0 Å². The van der Waals surface area contributed by atoms with E-state index in [1.807, 2.05) is 31.3 Å². The number of carbonyl (C=O) groups excluding carboxylic acids is 1. The number of hydrogen-bond donors (Lipinski definition) is 1. The van der Waals surface area contributed by atoms with E-state index in [0.717, 1.165) is 24.9 Å². The van der Waals surface area contributed by atoms with Crippen LogP contribution < -0.4 is 14.8 Å². The molecule has 6 nitrogen and oxygen atoms in total. The molecule has 2 aromatic rings. The van der Waals surface area contributed by atoms with E-state index in [4.69, 9.17) is 9.47 Å². The van der Waals surface area contributed by atoms with Gasteiger partial charge in [0.2, 0.25) is 0 Å². The molecular weight excluding hydrogens is 330 g/mol. The molecular formula is C20H27N3O3. The standard InChI is InChI=1S/C20H27N3O3/c1-5-6-11-23(2)20(24)16-8-10-19(22-14-16)21-13-15-7-9-17(25-3)18(12-15)26-4/h7-10,12,14H,5-6,11,13H2,1-4H3,(H,21,22). The van der Waals surface area contributed by atoms with Crippen molar-refractivity contribution < 1.29 is 14.3 Å². The number of rotatable bonds is 9. The van der Waals surface area contributed by atoms with E-state index in [9.17, 15) is 4.79 Å². The summed E-state index contributed by atoms with van der Waals surface area (Å²) in [5.74, 6) is 2.10. The predicted octanol–water partition coefficient (Wildman–Crippen LogP) is 3.58. The van der Waals surface area contributed by atoms with Crippen molar-refractivity contribution in [3.8, 4) is 11.5 Å². The number of hydrogen-bond acceptors (Lipinski definition) is 5. The Labute approximate surface area is 155 Å². The van der Waals surface area contributed by atoms with Crippen LogP contribution in [0.4, 0.5) is 5.82 Å². The van der Waals surface area contributed by atoms with Gasteiger partial charge in [0.1, 0.15) is 5.82 Å². The largest absolute Gasteiger partial charge is 0.493 e. The van der Waals surface area contributed by atoms with E-state index in [-0.39, 0.29) is 5.91 Å². The van der Waals surface area contributed by atoms with Crippen molar-refractivity contribution in [1.82, 2.24) is 9.88 Å². The monoisotopic (exact) mass is 357 g/mol. The van der Waals surface area contributed by atoms with Gasteiger partial charge in [-0.25, -0.2) is 4.98 Å². The van der Waals surface area contributed by atoms with Crippen LogP contribution in [0.15, 0.2) is 36.5 Å². The zero-order chi connectivity index (χ0) is 18.9. The minimum Gasteiger partial charge on any atom is -0.493 e. The van der Waals surface area contributed by atoms with Crippen LogP contribution in [0.3, 0.4) is 0 Å². The number of pyridine rings is 1. The van der Waals surface area contributed by atoms with E-state index in [1.54, 1.807) is 31.4 Å². The Kier molecular flexibility index (Phi) is 7.26. The highest BCUT2D eigenvalue weighted by Gasteiger charge is 2.11. The Bertz CT molecular complexity index is 717. The molecule has 1 aromatic heterocycles. The first-order chi connectivity index (χ1) is 12.6. The molecule has 0 aliphatic heterocycles. The van der Waals surface area contributed by atoms with Gasteiger partial charge in [0.15, 0.2) is 11.5 Å². The van der Waals surface area contributed by atoms with Gasteiger partial charge in [-0.1, -0.05) is 19.4 Å². The van der Waals surface area contributed by atoms with Crippen molar-refractivity contribution in [3.05, 3.63) is 47.7 Å². The van der Waals surface area contributed by atoms with Crippen molar-refractivity contribution in [1.29, 1.82) is 0 Å². The molecule has 1 N–H and O–H groups in total. The molecule has 0 aliphatic rings. The number of benzene rings is 1. The van der Waals surface area contributed by atoms with E-state index < -0.39 is 0 Å². The lowest BCUT2D eigenvalue weighted by Gasteiger charge is -2.16. The third kappa shape index (κ3) is 5.12. The lowest BCUT2D eigenvalue weighted by Crippen LogP contribution is -2.27. The van der Waals surface area contributed by atoms with Gasteiger partial charge in [-0.05, 0) is 36.2 Å². The molecule has 140 valence electrons. The Morgan fingerprint density at radius 3 is 2.54 bits per heavy atom. The average molecular weight is 357 g/mol. The second-order valence-corrected chi connectivity index (χ2v) is 6.06. The minimum atomic E-state index is -0.00242. The fraction of sp³-hybridized carbons (Fsp3) is 0.400. The van der Waals surface area contributed by atoms with E-state index in [0.29, 0.717) is 29.4 Å². The maximum atomic E-state index is 12.3. The molecule has 1 amide bonds. The molecule has 0 unspecified atom stereocenters. The number of aromatic nitrogens is 1. The quantitative estimate of drug-likeness (QED) is 0.743.